The molecule has 98 valence electrons. The van der Waals surface area contributed by atoms with Crippen molar-refractivity contribution in [2.45, 2.75) is 32.9 Å². The summed E-state index contributed by atoms with van der Waals surface area (Å²) in [5.74, 6) is 0. The molecule has 0 radical (unpaired) electrons. The topological polar surface area (TPSA) is 63.8 Å². The molecule has 0 saturated carbocycles. The minimum Gasteiger partial charge on any atom is -0.322 e. The van der Waals surface area contributed by atoms with Gasteiger partial charge in [-0.2, -0.15) is 0 Å². The second-order valence-electron chi connectivity index (χ2n) is 4.28. The molecule has 3 N–H and O–H groups in total. The SMILES string of the molecule is Cc1csc(CCNCc2csc(C(C)N)n2)n1. The fourth-order valence-corrected chi connectivity index (χ4v) is 3.10. The average molecular weight is 282 g/mol. The predicted molar refractivity (Wildman–Crippen MR) is 77.0 cm³/mol. The number of aryl methyl sites for hydroxylation is 1. The van der Waals surface area contributed by atoms with E-state index in [2.05, 4.69) is 26.0 Å². The summed E-state index contributed by atoms with van der Waals surface area (Å²) in [6.07, 6.45) is 0.975. The lowest BCUT2D eigenvalue weighted by Gasteiger charge is -2.01. The first kappa shape index (κ1) is 13.6. The van der Waals surface area contributed by atoms with Gasteiger partial charge in [-0.1, -0.05) is 0 Å². The number of nitrogens with two attached hydrogens (primary N) is 1. The van der Waals surface area contributed by atoms with Crippen molar-refractivity contribution in [3.63, 3.8) is 0 Å². The zero-order valence-corrected chi connectivity index (χ0v) is 12.3. The van der Waals surface area contributed by atoms with Gasteiger partial charge in [0.1, 0.15) is 5.01 Å². The third kappa shape index (κ3) is 3.84. The third-order valence-corrected chi connectivity index (χ3v) is 4.57. The number of rotatable bonds is 6. The quantitative estimate of drug-likeness (QED) is 0.798. The minimum atomic E-state index is 0.0297. The fourth-order valence-electron chi connectivity index (χ4n) is 1.54. The summed E-state index contributed by atoms with van der Waals surface area (Å²) in [5, 5.41) is 9.73. The Morgan fingerprint density at radius 2 is 2.17 bits per heavy atom. The summed E-state index contributed by atoms with van der Waals surface area (Å²) >= 11 is 3.35. The molecule has 0 saturated heterocycles. The first-order chi connectivity index (χ1) is 8.65. The van der Waals surface area contributed by atoms with E-state index in [-0.39, 0.29) is 6.04 Å². The molecule has 0 aromatic carbocycles. The normalized spacial score (nSPS) is 12.8. The van der Waals surface area contributed by atoms with Gasteiger partial charge in [0.25, 0.3) is 0 Å². The van der Waals surface area contributed by atoms with E-state index in [0.717, 1.165) is 35.9 Å². The van der Waals surface area contributed by atoms with Crippen molar-refractivity contribution in [2.75, 3.05) is 6.54 Å². The van der Waals surface area contributed by atoms with Crippen LogP contribution in [0.1, 0.15) is 34.4 Å². The van der Waals surface area contributed by atoms with E-state index in [0.29, 0.717) is 0 Å². The van der Waals surface area contributed by atoms with Gasteiger partial charge in [-0.25, -0.2) is 9.97 Å². The Labute approximate surface area is 115 Å². The van der Waals surface area contributed by atoms with Crippen LogP contribution < -0.4 is 11.1 Å². The molecule has 2 aromatic rings. The lowest BCUT2D eigenvalue weighted by molar-refractivity contribution is 0.670. The third-order valence-electron chi connectivity index (χ3n) is 2.45. The van der Waals surface area contributed by atoms with E-state index in [1.165, 1.54) is 5.01 Å². The smallest absolute Gasteiger partial charge is 0.109 e. The molecule has 18 heavy (non-hydrogen) atoms. The van der Waals surface area contributed by atoms with Crippen LogP contribution in [-0.4, -0.2) is 16.5 Å². The monoisotopic (exact) mass is 282 g/mol. The van der Waals surface area contributed by atoms with Crippen molar-refractivity contribution >= 4 is 22.7 Å². The number of nitrogens with one attached hydrogen (secondary N) is 1. The summed E-state index contributed by atoms with van der Waals surface area (Å²) in [4.78, 5) is 8.91. The number of nitrogens with zero attached hydrogens (tertiary/aromatic N) is 2. The van der Waals surface area contributed by atoms with E-state index >= 15 is 0 Å². The molecular weight excluding hydrogens is 264 g/mol. The molecule has 0 aliphatic rings. The summed E-state index contributed by atoms with van der Waals surface area (Å²) in [5.41, 5.74) is 7.96. The van der Waals surface area contributed by atoms with Gasteiger partial charge in [-0.05, 0) is 13.8 Å². The first-order valence-electron chi connectivity index (χ1n) is 5.97. The maximum absolute atomic E-state index is 5.78. The highest BCUT2D eigenvalue weighted by molar-refractivity contribution is 7.10. The van der Waals surface area contributed by atoms with Gasteiger partial charge in [0, 0.05) is 36.0 Å². The van der Waals surface area contributed by atoms with Gasteiger partial charge in [-0.3, -0.25) is 0 Å². The summed E-state index contributed by atoms with van der Waals surface area (Å²) < 4.78 is 0. The molecule has 0 bridgehead atoms. The fraction of sp³-hybridized carbons (Fsp3) is 0.500. The molecule has 4 nitrogen and oxygen atoms in total. The Balaban J connectivity index is 1.71. The van der Waals surface area contributed by atoms with Crippen molar-refractivity contribution in [1.29, 1.82) is 0 Å². The van der Waals surface area contributed by atoms with Crippen LogP contribution in [0.4, 0.5) is 0 Å². The predicted octanol–water partition coefficient (Wildman–Crippen LogP) is 2.26. The summed E-state index contributed by atoms with van der Waals surface area (Å²) in [7, 11) is 0. The van der Waals surface area contributed by atoms with Crippen LogP contribution in [-0.2, 0) is 13.0 Å². The van der Waals surface area contributed by atoms with Crippen LogP contribution in [0.2, 0.25) is 0 Å². The van der Waals surface area contributed by atoms with Crippen molar-refractivity contribution in [2.24, 2.45) is 5.73 Å². The number of thiazole rings is 2. The van der Waals surface area contributed by atoms with Crippen molar-refractivity contribution in [1.82, 2.24) is 15.3 Å². The zero-order chi connectivity index (χ0) is 13.0. The van der Waals surface area contributed by atoms with Crippen LogP contribution in [0.15, 0.2) is 10.8 Å². The lowest BCUT2D eigenvalue weighted by atomic mass is 10.4. The van der Waals surface area contributed by atoms with E-state index in [4.69, 9.17) is 5.73 Å². The molecule has 0 fully saturated rings. The van der Waals surface area contributed by atoms with Gasteiger partial charge < -0.3 is 11.1 Å². The molecule has 2 heterocycles. The molecule has 2 aromatic heterocycles. The van der Waals surface area contributed by atoms with E-state index in [1.807, 2.05) is 13.8 Å². The van der Waals surface area contributed by atoms with E-state index in [1.54, 1.807) is 22.7 Å². The second kappa shape index (κ2) is 6.38. The largest absolute Gasteiger partial charge is 0.322 e. The highest BCUT2D eigenvalue weighted by atomic mass is 32.1. The Kier molecular flexibility index (Phi) is 4.82. The van der Waals surface area contributed by atoms with Crippen LogP contribution in [0.25, 0.3) is 0 Å². The number of hydrogen-bond acceptors (Lipinski definition) is 6. The second-order valence-corrected chi connectivity index (χ2v) is 6.11. The van der Waals surface area contributed by atoms with Crippen LogP contribution >= 0.6 is 22.7 Å². The van der Waals surface area contributed by atoms with Crippen molar-refractivity contribution in [3.05, 3.63) is 32.2 Å². The van der Waals surface area contributed by atoms with Crippen LogP contribution in [0, 0.1) is 6.92 Å². The molecule has 0 spiro atoms. The number of hydrogen-bond donors (Lipinski definition) is 2. The van der Waals surface area contributed by atoms with E-state index in [9.17, 15) is 0 Å². The van der Waals surface area contributed by atoms with Gasteiger partial charge in [0.05, 0.1) is 16.7 Å². The standard InChI is InChI=1S/C12H18N4S2/c1-8-6-17-11(15-8)3-4-14-5-10-7-18-12(16-10)9(2)13/h6-7,9,14H,3-5,13H2,1-2H3. The molecule has 0 aliphatic heterocycles. The van der Waals surface area contributed by atoms with Crippen molar-refractivity contribution in [3.8, 4) is 0 Å². The van der Waals surface area contributed by atoms with Gasteiger partial charge in [0.15, 0.2) is 0 Å². The number of aromatic nitrogens is 2. The van der Waals surface area contributed by atoms with Crippen LogP contribution in [0.5, 0.6) is 0 Å². The Bertz CT molecular complexity index is 490. The molecule has 2 rings (SSSR count). The highest BCUT2D eigenvalue weighted by Crippen LogP contribution is 2.15. The Morgan fingerprint density at radius 1 is 1.33 bits per heavy atom. The summed E-state index contributed by atoms with van der Waals surface area (Å²) in [6.45, 7) is 5.71. The van der Waals surface area contributed by atoms with Crippen LogP contribution in [0.3, 0.4) is 0 Å². The van der Waals surface area contributed by atoms with E-state index < -0.39 is 0 Å². The average Bonchev–Trinajstić information content (AvgIpc) is 2.93. The molecule has 1 unspecified atom stereocenters. The molecular formula is C12H18N4S2. The first-order valence-corrected chi connectivity index (χ1v) is 7.72. The Hall–Kier alpha value is -0.820. The molecule has 0 aliphatic carbocycles. The van der Waals surface area contributed by atoms with Gasteiger partial charge >= 0.3 is 0 Å². The minimum absolute atomic E-state index is 0.0297. The highest BCUT2D eigenvalue weighted by Gasteiger charge is 2.05. The molecule has 0 amide bonds. The summed E-state index contributed by atoms with van der Waals surface area (Å²) in [6, 6.07) is 0.0297. The maximum atomic E-state index is 5.78. The van der Waals surface area contributed by atoms with Gasteiger partial charge in [0.2, 0.25) is 0 Å². The molecule has 6 heteroatoms. The van der Waals surface area contributed by atoms with Crippen molar-refractivity contribution < 1.29 is 0 Å². The lowest BCUT2D eigenvalue weighted by Crippen LogP contribution is -2.17. The van der Waals surface area contributed by atoms with Gasteiger partial charge in [-0.15, -0.1) is 22.7 Å². The zero-order valence-electron chi connectivity index (χ0n) is 10.6. The maximum Gasteiger partial charge on any atom is 0.109 e. The molecule has 1 atom stereocenters. The Morgan fingerprint density at radius 3 is 2.78 bits per heavy atom.